The molecule has 1 fully saturated rings. The van der Waals surface area contributed by atoms with Crippen LogP contribution in [-0.2, 0) is 11.0 Å². The summed E-state index contributed by atoms with van der Waals surface area (Å²) in [5.41, 5.74) is -0.927. The van der Waals surface area contributed by atoms with Crippen LogP contribution in [0.1, 0.15) is 16.2 Å². The number of rotatable bonds is 4. The van der Waals surface area contributed by atoms with Gasteiger partial charge in [-0.1, -0.05) is 18.2 Å². The first kappa shape index (κ1) is 21.3. The molecule has 1 N–H and O–H groups in total. The molecule has 3 heterocycles. The molecule has 4 rings (SSSR count). The molecule has 0 unspecified atom stereocenters. The summed E-state index contributed by atoms with van der Waals surface area (Å²) >= 11 is 0. The number of alkyl halides is 3. The number of amides is 2. The van der Waals surface area contributed by atoms with Crippen molar-refractivity contribution in [3.63, 3.8) is 0 Å². The summed E-state index contributed by atoms with van der Waals surface area (Å²) in [5.74, 6) is -1.88. The Morgan fingerprint density at radius 2 is 1.88 bits per heavy atom. The van der Waals surface area contributed by atoms with E-state index in [9.17, 15) is 22.8 Å². The first-order valence-electron chi connectivity index (χ1n) is 9.62. The van der Waals surface area contributed by atoms with Gasteiger partial charge < -0.3 is 19.5 Å². The number of aromatic nitrogens is 2. The van der Waals surface area contributed by atoms with Crippen molar-refractivity contribution in [1.82, 2.24) is 14.9 Å². The van der Waals surface area contributed by atoms with Crippen LogP contribution in [0.25, 0.3) is 11.5 Å². The van der Waals surface area contributed by atoms with Gasteiger partial charge in [0.25, 0.3) is 5.91 Å². The molecule has 8 nitrogen and oxygen atoms in total. The Balaban J connectivity index is 1.54. The van der Waals surface area contributed by atoms with E-state index in [-0.39, 0.29) is 24.0 Å². The standard InChI is InChI=1S/C21H18F3N5O3/c1-28-9-10-29(12-16(28)30)15-8-7-14(11-25-15)26-19(31)17-18(21(22,23)24)27-20(32-17)13-5-3-2-4-6-13/h2-8,11H,9-10,12H2,1H3,(H,26,31). The van der Waals surface area contributed by atoms with Crippen molar-refractivity contribution in [3.8, 4) is 11.5 Å². The summed E-state index contributed by atoms with van der Waals surface area (Å²) in [4.78, 5) is 35.5. The van der Waals surface area contributed by atoms with Gasteiger partial charge in [-0.15, -0.1) is 0 Å². The number of carbonyl (C=O) groups excluding carboxylic acids is 2. The zero-order chi connectivity index (χ0) is 22.9. The van der Waals surface area contributed by atoms with Crippen LogP contribution < -0.4 is 10.2 Å². The molecule has 0 bridgehead atoms. The average molecular weight is 445 g/mol. The van der Waals surface area contributed by atoms with Gasteiger partial charge in [-0.25, -0.2) is 9.97 Å². The van der Waals surface area contributed by atoms with E-state index in [4.69, 9.17) is 4.42 Å². The van der Waals surface area contributed by atoms with Gasteiger partial charge in [-0.2, -0.15) is 13.2 Å². The maximum Gasteiger partial charge on any atom is 0.437 e. The molecule has 166 valence electrons. The number of benzene rings is 1. The van der Waals surface area contributed by atoms with E-state index in [0.29, 0.717) is 24.5 Å². The minimum Gasteiger partial charge on any atom is -0.430 e. The van der Waals surface area contributed by atoms with E-state index < -0.39 is 23.5 Å². The molecular formula is C21H18F3N5O3. The van der Waals surface area contributed by atoms with Crippen molar-refractivity contribution in [2.24, 2.45) is 0 Å². The topological polar surface area (TPSA) is 91.6 Å². The lowest BCUT2D eigenvalue weighted by molar-refractivity contribution is -0.141. The van der Waals surface area contributed by atoms with Gasteiger partial charge in [0.1, 0.15) is 5.82 Å². The van der Waals surface area contributed by atoms with E-state index in [2.05, 4.69) is 15.3 Å². The maximum atomic E-state index is 13.4. The van der Waals surface area contributed by atoms with Crippen molar-refractivity contribution in [3.05, 3.63) is 60.1 Å². The summed E-state index contributed by atoms with van der Waals surface area (Å²) in [6.07, 6.45) is -3.57. The second kappa shape index (κ2) is 8.33. The van der Waals surface area contributed by atoms with E-state index in [1.54, 1.807) is 41.1 Å². The Kier molecular flexibility index (Phi) is 5.56. The quantitative estimate of drug-likeness (QED) is 0.663. The lowest BCUT2D eigenvalue weighted by Crippen LogP contribution is -2.48. The lowest BCUT2D eigenvalue weighted by Gasteiger charge is -2.32. The summed E-state index contributed by atoms with van der Waals surface area (Å²) in [5, 5.41) is 2.35. The van der Waals surface area contributed by atoms with Crippen LogP contribution >= 0.6 is 0 Å². The lowest BCUT2D eigenvalue weighted by atomic mass is 10.2. The molecule has 1 aliphatic rings. The molecule has 0 aliphatic carbocycles. The molecule has 0 saturated carbocycles. The Hall–Kier alpha value is -3.89. The van der Waals surface area contributed by atoms with Gasteiger partial charge in [0.05, 0.1) is 18.4 Å². The molecule has 0 spiro atoms. The molecule has 32 heavy (non-hydrogen) atoms. The SMILES string of the molecule is CN1CCN(c2ccc(NC(=O)c3oc(-c4ccccc4)nc3C(F)(F)F)cn2)CC1=O. The number of pyridine rings is 1. The Labute approximate surface area is 180 Å². The summed E-state index contributed by atoms with van der Waals surface area (Å²) in [7, 11) is 1.72. The number of nitrogens with one attached hydrogen (secondary N) is 1. The van der Waals surface area contributed by atoms with Crippen LogP contribution in [-0.4, -0.2) is 53.4 Å². The van der Waals surface area contributed by atoms with Crippen molar-refractivity contribution >= 4 is 23.3 Å². The fourth-order valence-corrected chi connectivity index (χ4v) is 3.16. The predicted molar refractivity (Wildman–Crippen MR) is 109 cm³/mol. The smallest absolute Gasteiger partial charge is 0.430 e. The number of hydrogen-bond donors (Lipinski definition) is 1. The van der Waals surface area contributed by atoms with E-state index in [1.165, 1.54) is 24.4 Å². The number of nitrogens with zero attached hydrogens (tertiary/aromatic N) is 4. The highest BCUT2D eigenvalue weighted by Crippen LogP contribution is 2.34. The van der Waals surface area contributed by atoms with Crippen molar-refractivity contribution in [2.75, 3.05) is 36.9 Å². The number of halogens is 3. The maximum absolute atomic E-state index is 13.4. The molecule has 2 aromatic heterocycles. The van der Waals surface area contributed by atoms with Gasteiger partial charge >= 0.3 is 6.18 Å². The minimum atomic E-state index is -4.88. The number of hydrogen-bond acceptors (Lipinski definition) is 6. The zero-order valence-corrected chi connectivity index (χ0v) is 16.9. The highest BCUT2D eigenvalue weighted by atomic mass is 19.4. The summed E-state index contributed by atoms with van der Waals surface area (Å²) in [6, 6.07) is 11.1. The van der Waals surface area contributed by atoms with Gasteiger partial charge in [-0.3, -0.25) is 9.59 Å². The molecule has 0 atom stereocenters. The molecule has 3 aromatic rings. The average Bonchev–Trinajstić information content (AvgIpc) is 3.23. The molecular weight excluding hydrogens is 427 g/mol. The number of piperazine rings is 1. The number of oxazole rings is 1. The van der Waals surface area contributed by atoms with Crippen molar-refractivity contribution in [2.45, 2.75) is 6.18 Å². The highest BCUT2D eigenvalue weighted by Gasteiger charge is 2.41. The first-order chi connectivity index (χ1) is 15.2. The molecule has 11 heteroatoms. The van der Waals surface area contributed by atoms with E-state index in [0.717, 1.165) is 0 Å². The van der Waals surface area contributed by atoms with E-state index in [1.807, 2.05) is 0 Å². The first-order valence-corrected chi connectivity index (χ1v) is 9.62. The molecule has 2 amide bonds. The van der Waals surface area contributed by atoms with Crippen LogP contribution in [0, 0.1) is 0 Å². The second-order valence-corrected chi connectivity index (χ2v) is 7.16. The normalized spacial score (nSPS) is 14.6. The van der Waals surface area contributed by atoms with Crippen molar-refractivity contribution in [1.29, 1.82) is 0 Å². The van der Waals surface area contributed by atoms with Gasteiger partial charge in [0.2, 0.25) is 17.6 Å². The number of anilines is 2. The molecule has 1 saturated heterocycles. The van der Waals surface area contributed by atoms with Crippen molar-refractivity contribution < 1.29 is 27.2 Å². The third-order valence-electron chi connectivity index (χ3n) is 4.91. The van der Waals surface area contributed by atoms with Gasteiger partial charge in [0.15, 0.2) is 5.69 Å². The van der Waals surface area contributed by atoms with Gasteiger partial charge in [0, 0.05) is 25.7 Å². The fourth-order valence-electron chi connectivity index (χ4n) is 3.16. The van der Waals surface area contributed by atoms with Crippen LogP contribution in [0.2, 0.25) is 0 Å². The van der Waals surface area contributed by atoms with Crippen LogP contribution in [0.15, 0.2) is 53.1 Å². The number of carbonyl (C=O) groups is 2. The van der Waals surface area contributed by atoms with Crippen LogP contribution in [0.4, 0.5) is 24.7 Å². The highest BCUT2D eigenvalue weighted by molar-refractivity contribution is 6.03. The summed E-state index contributed by atoms with van der Waals surface area (Å²) < 4.78 is 45.5. The summed E-state index contributed by atoms with van der Waals surface area (Å²) in [6.45, 7) is 1.31. The van der Waals surface area contributed by atoms with Gasteiger partial charge in [-0.05, 0) is 24.3 Å². The Morgan fingerprint density at radius 3 is 2.50 bits per heavy atom. The van der Waals surface area contributed by atoms with Crippen LogP contribution in [0.3, 0.4) is 0 Å². The fraction of sp³-hybridized carbons (Fsp3) is 0.238. The third kappa shape index (κ3) is 4.41. The molecule has 1 aromatic carbocycles. The Morgan fingerprint density at radius 1 is 1.12 bits per heavy atom. The second-order valence-electron chi connectivity index (χ2n) is 7.16. The number of likely N-dealkylation sites (N-methyl/N-ethyl adjacent to an activating group) is 1. The largest absolute Gasteiger partial charge is 0.437 e. The monoisotopic (exact) mass is 445 g/mol. The molecule has 1 aliphatic heterocycles. The minimum absolute atomic E-state index is 0.0466. The zero-order valence-electron chi connectivity index (χ0n) is 16.9. The molecule has 0 radical (unpaired) electrons. The van der Waals surface area contributed by atoms with E-state index >= 15 is 0 Å². The predicted octanol–water partition coefficient (Wildman–Crippen LogP) is 3.29. The third-order valence-corrected chi connectivity index (χ3v) is 4.91. The van der Waals surface area contributed by atoms with Crippen LogP contribution in [0.5, 0.6) is 0 Å². The Bertz CT molecular complexity index is 1130.